The molecule has 0 aliphatic carbocycles. The SMILES string of the molecule is C[N+](C)(C)N.O=P(O)(O)O.[NaH].[NaH].[NaH].[NaH]. The predicted molar refractivity (Wildman–Crippen MR) is 65.1 cm³/mol. The van der Waals surface area contributed by atoms with E-state index in [9.17, 15) is 0 Å². The van der Waals surface area contributed by atoms with E-state index in [-0.39, 0.29) is 118 Å². The molecule has 5 N–H and O–H groups in total. The summed E-state index contributed by atoms with van der Waals surface area (Å²) >= 11 is 0. The molecule has 0 saturated carbocycles. The molecule has 0 fully saturated rings. The number of rotatable bonds is 0. The summed E-state index contributed by atoms with van der Waals surface area (Å²) in [6, 6.07) is 0. The Kier molecular flexibility index (Phi) is 44.0. The van der Waals surface area contributed by atoms with Crippen molar-refractivity contribution < 1.29 is 23.8 Å². The van der Waals surface area contributed by atoms with Gasteiger partial charge in [0.1, 0.15) is 0 Å². The number of phosphoric acid groups is 1. The van der Waals surface area contributed by atoms with Gasteiger partial charge in [-0.05, 0) is 0 Å². The summed E-state index contributed by atoms with van der Waals surface area (Å²) < 4.78 is 9.38. The second-order valence-corrected chi connectivity index (χ2v) is 3.66. The second-order valence-electron chi connectivity index (χ2n) is 2.63. The van der Waals surface area contributed by atoms with Gasteiger partial charge in [-0.15, -0.1) is 0 Å². The van der Waals surface area contributed by atoms with Crippen LogP contribution in [0.15, 0.2) is 0 Å². The summed E-state index contributed by atoms with van der Waals surface area (Å²) in [5.74, 6) is 5.29. The number of hydrogen-bond donors (Lipinski definition) is 4. The monoisotopic (exact) mass is 269 g/mol. The minimum atomic E-state index is -4.64. The summed E-state index contributed by atoms with van der Waals surface area (Å²) in [7, 11) is 1.07. The van der Waals surface area contributed by atoms with Gasteiger partial charge in [-0.3, -0.25) is 4.59 Å². The van der Waals surface area contributed by atoms with E-state index in [1.54, 1.807) is 0 Å². The van der Waals surface area contributed by atoms with Crippen LogP contribution in [0.3, 0.4) is 0 Å². The normalized spacial score (nSPS) is 8.50. The van der Waals surface area contributed by atoms with Crippen molar-refractivity contribution in [3.8, 4) is 0 Å². The van der Waals surface area contributed by atoms with Gasteiger partial charge in [-0.1, -0.05) is 0 Å². The van der Waals surface area contributed by atoms with Crippen LogP contribution in [0.1, 0.15) is 0 Å². The molecule has 0 spiro atoms. The molecule has 0 bridgehead atoms. The van der Waals surface area contributed by atoms with E-state index >= 15 is 0 Å². The molecule has 0 aliphatic heterocycles. The van der Waals surface area contributed by atoms with Gasteiger partial charge in [0.15, 0.2) is 0 Å². The zero-order valence-electron chi connectivity index (χ0n) is 6.22. The van der Waals surface area contributed by atoms with E-state index < -0.39 is 7.82 Å². The van der Waals surface area contributed by atoms with E-state index in [1.165, 1.54) is 0 Å². The summed E-state index contributed by atoms with van der Waals surface area (Å²) in [6.45, 7) is 0. The van der Waals surface area contributed by atoms with Gasteiger partial charge in [0.2, 0.25) is 0 Å². The molecule has 11 heteroatoms. The van der Waals surface area contributed by atoms with Crippen molar-refractivity contribution >= 4 is 126 Å². The Morgan fingerprint density at radius 3 is 0.929 bits per heavy atom. The standard InChI is InChI=1S/C3H11N2.4Na.H3O4P.4H/c1-5(2,3)4;;;;;1-5(2,3)4;;;;/h4H2,1-3H3;;;;;(H3,1,2,3,4);;;;/q+1;;;;;;;;;. The molecule has 0 atom stereocenters. The Labute approximate surface area is 173 Å². The molecule has 0 radical (unpaired) electrons. The average Bonchev–Trinajstić information content (AvgIpc) is 1.12. The van der Waals surface area contributed by atoms with E-state index in [0.717, 1.165) is 0 Å². The van der Waals surface area contributed by atoms with Gasteiger partial charge in [-0.25, -0.2) is 4.57 Å². The molecule has 0 heterocycles. The van der Waals surface area contributed by atoms with Crippen molar-refractivity contribution in [1.82, 2.24) is 0 Å². The first-order chi connectivity index (χ1) is 4.00. The molecule has 0 aromatic heterocycles. The fraction of sp³-hybridized carbons (Fsp3) is 1.00. The number of hydrogen-bond acceptors (Lipinski definition) is 2. The first-order valence-corrected chi connectivity index (χ1v) is 3.95. The predicted octanol–water partition coefficient (Wildman–Crippen LogP) is -3.96. The van der Waals surface area contributed by atoms with Crippen LogP contribution in [-0.2, 0) is 4.57 Å². The number of quaternary nitrogens is 1. The topological polar surface area (TPSA) is 104 Å². The third-order valence-corrected chi connectivity index (χ3v) is 0. The van der Waals surface area contributed by atoms with Crippen molar-refractivity contribution in [2.45, 2.75) is 0 Å². The van der Waals surface area contributed by atoms with Crippen LogP contribution in [0.25, 0.3) is 0 Å². The van der Waals surface area contributed by atoms with Crippen LogP contribution in [0.4, 0.5) is 0 Å². The molecule has 0 saturated heterocycles. The van der Waals surface area contributed by atoms with E-state index in [1.807, 2.05) is 21.1 Å². The van der Waals surface area contributed by atoms with Gasteiger partial charge >= 0.3 is 126 Å². The maximum atomic E-state index is 8.88. The van der Waals surface area contributed by atoms with Crippen LogP contribution >= 0.6 is 7.82 Å². The van der Waals surface area contributed by atoms with Crippen molar-refractivity contribution in [2.75, 3.05) is 21.1 Å². The number of nitrogens with zero attached hydrogens (tertiary/aromatic N) is 1. The zero-order chi connectivity index (χ0) is 9.00. The van der Waals surface area contributed by atoms with Gasteiger partial charge in [0.05, 0.1) is 21.1 Å². The molecule has 0 unspecified atom stereocenters. The van der Waals surface area contributed by atoms with Gasteiger partial charge in [0.25, 0.3) is 0 Å². The third kappa shape index (κ3) is 223. The Bertz CT molecular complexity index is 123. The number of nitrogens with two attached hydrogens (primary N) is 1. The third-order valence-electron chi connectivity index (χ3n) is 0. The molecular formula is C3H18N2Na4O4P+. The zero-order valence-corrected chi connectivity index (χ0v) is 7.12. The van der Waals surface area contributed by atoms with E-state index in [2.05, 4.69) is 0 Å². The van der Waals surface area contributed by atoms with Crippen LogP contribution in [0.5, 0.6) is 0 Å². The Hall–Kier alpha value is 4.03. The van der Waals surface area contributed by atoms with Crippen molar-refractivity contribution in [1.29, 1.82) is 0 Å². The van der Waals surface area contributed by atoms with Crippen LogP contribution in [0.2, 0.25) is 0 Å². The molecule has 0 aromatic carbocycles. The summed E-state index contributed by atoms with van der Waals surface area (Å²) in [5, 5.41) is 0. The first kappa shape index (κ1) is 36.1. The molecule has 6 nitrogen and oxygen atoms in total. The Balaban J connectivity index is -0.0000000178. The average molecular weight is 269 g/mol. The molecular weight excluding hydrogens is 251 g/mol. The first-order valence-electron chi connectivity index (χ1n) is 2.38. The van der Waals surface area contributed by atoms with Crippen LogP contribution < -0.4 is 5.84 Å². The Morgan fingerprint density at radius 2 is 0.929 bits per heavy atom. The minimum absolute atomic E-state index is 0. The molecule has 0 aliphatic rings. The van der Waals surface area contributed by atoms with Gasteiger partial charge in [-0.2, -0.15) is 5.84 Å². The molecule has 0 amide bonds. The summed E-state index contributed by atoms with van der Waals surface area (Å²) in [4.78, 5) is 21.6. The van der Waals surface area contributed by atoms with Crippen LogP contribution in [-0.4, -0.2) is 159 Å². The van der Waals surface area contributed by atoms with Gasteiger partial charge < -0.3 is 14.7 Å². The van der Waals surface area contributed by atoms with E-state index in [4.69, 9.17) is 25.1 Å². The van der Waals surface area contributed by atoms with Crippen molar-refractivity contribution in [3.63, 3.8) is 0 Å². The van der Waals surface area contributed by atoms with Crippen molar-refractivity contribution in [3.05, 3.63) is 0 Å². The molecule has 72 valence electrons. The van der Waals surface area contributed by atoms with Gasteiger partial charge in [0, 0.05) is 0 Å². The quantitative estimate of drug-likeness (QED) is 0.118. The fourth-order valence-electron chi connectivity index (χ4n) is 0. The Morgan fingerprint density at radius 1 is 0.929 bits per heavy atom. The molecule has 14 heavy (non-hydrogen) atoms. The molecule has 0 aromatic rings. The fourth-order valence-corrected chi connectivity index (χ4v) is 0. The van der Waals surface area contributed by atoms with E-state index in [0.29, 0.717) is 4.59 Å². The second kappa shape index (κ2) is 17.0. The maximum absolute atomic E-state index is 8.88. The summed E-state index contributed by atoms with van der Waals surface area (Å²) in [5.41, 5.74) is 0. The van der Waals surface area contributed by atoms with Crippen molar-refractivity contribution in [2.24, 2.45) is 5.84 Å². The molecule has 0 rings (SSSR count). The van der Waals surface area contributed by atoms with Crippen LogP contribution in [0, 0.1) is 0 Å². The summed E-state index contributed by atoms with van der Waals surface area (Å²) in [6.07, 6.45) is 0.